The quantitative estimate of drug-likeness (QED) is 0.454. The van der Waals surface area contributed by atoms with Gasteiger partial charge in [-0.25, -0.2) is 0 Å². The van der Waals surface area contributed by atoms with Crippen LogP contribution in [0, 0.1) is 0 Å². The Bertz CT molecular complexity index is 1140. The van der Waals surface area contributed by atoms with Gasteiger partial charge in [-0.3, -0.25) is 9.48 Å². The Hall–Kier alpha value is -2.55. The Morgan fingerprint density at radius 1 is 1.21 bits per heavy atom. The zero-order valence-electron chi connectivity index (χ0n) is 18.4. The van der Waals surface area contributed by atoms with E-state index in [1.165, 1.54) is 12.1 Å². The summed E-state index contributed by atoms with van der Waals surface area (Å²) in [5, 5.41) is 10.0. The molecule has 1 aliphatic heterocycles. The summed E-state index contributed by atoms with van der Waals surface area (Å²) in [6, 6.07) is 10.6. The van der Waals surface area contributed by atoms with E-state index < -0.39 is 28.7 Å². The van der Waals surface area contributed by atoms with Gasteiger partial charge in [-0.2, -0.15) is 18.3 Å². The van der Waals surface area contributed by atoms with Crippen LogP contribution in [-0.4, -0.2) is 28.3 Å². The van der Waals surface area contributed by atoms with Crippen LogP contribution in [0.4, 0.5) is 13.2 Å². The minimum absolute atomic E-state index is 0. The molecule has 0 saturated carbocycles. The second kappa shape index (κ2) is 10.8. The number of aromatic nitrogens is 2. The molecule has 1 aliphatic rings. The molecule has 2 heterocycles. The van der Waals surface area contributed by atoms with E-state index in [1.54, 1.807) is 10.9 Å². The van der Waals surface area contributed by atoms with Gasteiger partial charge in [-0.05, 0) is 48.7 Å². The lowest BCUT2D eigenvalue weighted by atomic mass is 9.90. The van der Waals surface area contributed by atoms with Gasteiger partial charge < -0.3 is 10.6 Å². The third-order valence-electron chi connectivity index (χ3n) is 5.87. The average Bonchev–Trinajstić information content (AvgIpc) is 3.23. The fourth-order valence-electron chi connectivity index (χ4n) is 4.21. The van der Waals surface area contributed by atoms with E-state index in [1.807, 2.05) is 37.5 Å². The first kappa shape index (κ1) is 26.1. The van der Waals surface area contributed by atoms with E-state index >= 15 is 0 Å². The van der Waals surface area contributed by atoms with Gasteiger partial charge in [0.25, 0.3) is 5.91 Å². The third kappa shape index (κ3) is 5.74. The summed E-state index contributed by atoms with van der Waals surface area (Å²) in [4.78, 5) is 13.1. The Morgan fingerprint density at radius 3 is 2.62 bits per heavy atom. The Morgan fingerprint density at radius 2 is 1.97 bits per heavy atom. The van der Waals surface area contributed by atoms with Crippen LogP contribution in [0.2, 0.25) is 5.02 Å². The molecule has 182 valence electrons. The standard InChI is InChI=1S/C24H24ClF3N4O.ClH/c1-32-14-17(13-30-32)15-6-4-7-16(12-15)22(20-10-2-3-11-29-20)31-23(33)18-8-5-9-19(21(18)25)24(26,27)28;/h4-9,12-14,20,22,29H,2-3,10-11H2,1H3,(H,31,33);1H/t20-,22-;/m0./s1. The second-order valence-electron chi connectivity index (χ2n) is 8.20. The lowest BCUT2D eigenvalue weighted by Crippen LogP contribution is -2.46. The van der Waals surface area contributed by atoms with Gasteiger partial charge in [0, 0.05) is 24.8 Å². The van der Waals surface area contributed by atoms with E-state index in [2.05, 4.69) is 15.7 Å². The van der Waals surface area contributed by atoms with Crippen molar-refractivity contribution in [2.75, 3.05) is 6.54 Å². The summed E-state index contributed by atoms with van der Waals surface area (Å²) in [7, 11) is 1.83. The molecular weight excluding hydrogens is 488 g/mol. The molecule has 0 spiro atoms. The van der Waals surface area contributed by atoms with Gasteiger partial charge in [-0.1, -0.05) is 42.3 Å². The van der Waals surface area contributed by atoms with Crippen LogP contribution >= 0.6 is 24.0 Å². The number of carbonyl (C=O) groups excluding carboxylic acids is 1. The molecule has 1 saturated heterocycles. The predicted molar refractivity (Wildman–Crippen MR) is 128 cm³/mol. The van der Waals surface area contributed by atoms with Crippen LogP contribution in [0.3, 0.4) is 0 Å². The number of carbonyl (C=O) groups is 1. The summed E-state index contributed by atoms with van der Waals surface area (Å²) in [5.74, 6) is -0.643. The number of nitrogens with one attached hydrogen (secondary N) is 2. The number of rotatable bonds is 5. The summed E-state index contributed by atoms with van der Waals surface area (Å²) < 4.78 is 41.6. The van der Waals surface area contributed by atoms with Crippen molar-refractivity contribution in [3.63, 3.8) is 0 Å². The van der Waals surface area contributed by atoms with Crippen molar-refractivity contribution < 1.29 is 18.0 Å². The molecule has 0 unspecified atom stereocenters. The van der Waals surface area contributed by atoms with Crippen molar-refractivity contribution in [3.05, 3.63) is 76.6 Å². The molecule has 10 heteroatoms. The predicted octanol–water partition coefficient (Wildman–Crippen LogP) is 5.79. The molecule has 1 aromatic heterocycles. The number of benzene rings is 2. The van der Waals surface area contributed by atoms with Crippen molar-refractivity contribution in [2.45, 2.75) is 37.5 Å². The summed E-state index contributed by atoms with van der Waals surface area (Å²) in [6.07, 6.45) is 1.87. The fraction of sp³-hybridized carbons (Fsp3) is 0.333. The maximum atomic E-state index is 13.3. The molecular formula is C24H25Cl2F3N4O. The highest BCUT2D eigenvalue weighted by Crippen LogP contribution is 2.36. The number of halogens is 5. The fourth-order valence-corrected chi connectivity index (χ4v) is 4.53. The van der Waals surface area contributed by atoms with Crippen LogP contribution in [0.1, 0.15) is 46.8 Å². The number of alkyl halides is 3. The normalized spacial score (nSPS) is 17.0. The Balaban J connectivity index is 0.00000324. The van der Waals surface area contributed by atoms with Gasteiger partial charge in [0.15, 0.2) is 0 Å². The first-order valence-electron chi connectivity index (χ1n) is 10.7. The maximum Gasteiger partial charge on any atom is 0.417 e. The second-order valence-corrected chi connectivity index (χ2v) is 8.58. The highest BCUT2D eigenvalue weighted by molar-refractivity contribution is 6.34. The van der Waals surface area contributed by atoms with E-state index in [0.29, 0.717) is 0 Å². The minimum Gasteiger partial charge on any atom is -0.344 e. The SMILES string of the molecule is Cl.Cn1cc(-c2cccc([C@H](NC(=O)c3cccc(C(F)(F)F)c3Cl)[C@@H]3CCCCN3)c2)cn1. The zero-order chi connectivity index (χ0) is 23.6. The lowest BCUT2D eigenvalue weighted by molar-refractivity contribution is -0.137. The van der Waals surface area contributed by atoms with E-state index in [4.69, 9.17) is 11.6 Å². The average molecular weight is 513 g/mol. The van der Waals surface area contributed by atoms with E-state index in [0.717, 1.165) is 48.6 Å². The van der Waals surface area contributed by atoms with Crippen molar-refractivity contribution in [3.8, 4) is 11.1 Å². The van der Waals surface area contributed by atoms with Crippen molar-refractivity contribution in [2.24, 2.45) is 7.05 Å². The van der Waals surface area contributed by atoms with Crippen LogP contribution in [0.5, 0.6) is 0 Å². The van der Waals surface area contributed by atoms with E-state index in [9.17, 15) is 18.0 Å². The van der Waals surface area contributed by atoms with Gasteiger partial charge in [0.2, 0.25) is 0 Å². The summed E-state index contributed by atoms with van der Waals surface area (Å²) in [6.45, 7) is 0.809. The van der Waals surface area contributed by atoms with Crippen LogP contribution in [-0.2, 0) is 13.2 Å². The van der Waals surface area contributed by atoms with E-state index in [-0.39, 0.29) is 24.0 Å². The minimum atomic E-state index is -4.64. The highest BCUT2D eigenvalue weighted by Gasteiger charge is 2.35. The van der Waals surface area contributed by atoms with Crippen molar-refractivity contribution >= 4 is 29.9 Å². The van der Waals surface area contributed by atoms with Crippen molar-refractivity contribution in [1.82, 2.24) is 20.4 Å². The molecule has 1 amide bonds. The number of amides is 1. The number of hydrogen-bond acceptors (Lipinski definition) is 3. The maximum absolute atomic E-state index is 13.3. The molecule has 2 atom stereocenters. The molecule has 0 aliphatic carbocycles. The molecule has 3 aromatic rings. The number of hydrogen-bond donors (Lipinski definition) is 2. The molecule has 2 aromatic carbocycles. The molecule has 0 bridgehead atoms. The monoisotopic (exact) mass is 512 g/mol. The largest absolute Gasteiger partial charge is 0.417 e. The highest BCUT2D eigenvalue weighted by atomic mass is 35.5. The number of aryl methyl sites for hydroxylation is 1. The van der Waals surface area contributed by atoms with Gasteiger partial charge in [0.1, 0.15) is 0 Å². The van der Waals surface area contributed by atoms with Gasteiger partial charge >= 0.3 is 6.18 Å². The smallest absolute Gasteiger partial charge is 0.344 e. The molecule has 4 rings (SSSR count). The van der Waals surface area contributed by atoms with Crippen LogP contribution in [0.25, 0.3) is 11.1 Å². The Kier molecular flexibility index (Phi) is 8.28. The number of nitrogens with zero attached hydrogens (tertiary/aromatic N) is 2. The Labute approximate surface area is 207 Å². The first-order chi connectivity index (χ1) is 15.7. The number of piperidine rings is 1. The summed E-state index contributed by atoms with van der Waals surface area (Å²) >= 11 is 6.01. The van der Waals surface area contributed by atoms with Crippen LogP contribution < -0.4 is 10.6 Å². The zero-order valence-corrected chi connectivity index (χ0v) is 20.0. The summed E-state index contributed by atoms with van der Waals surface area (Å²) in [5.41, 5.74) is 1.50. The third-order valence-corrected chi connectivity index (χ3v) is 6.28. The molecule has 0 radical (unpaired) electrons. The van der Waals surface area contributed by atoms with Crippen molar-refractivity contribution in [1.29, 1.82) is 0 Å². The van der Waals surface area contributed by atoms with Gasteiger partial charge in [0.05, 0.1) is 28.4 Å². The van der Waals surface area contributed by atoms with Crippen LogP contribution in [0.15, 0.2) is 54.9 Å². The molecule has 5 nitrogen and oxygen atoms in total. The molecule has 1 fully saturated rings. The topological polar surface area (TPSA) is 59.0 Å². The molecule has 34 heavy (non-hydrogen) atoms. The lowest BCUT2D eigenvalue weighted by Gasteiger charge is -2.32. The molecule has 2 N–H and O–H groups in total. The first-order valence-corrected chi connectivity index (χ1v) is 11.1. The van der Waals surface area contributed by atoms with Gasteiger partial charge in [-0.15, -0.1) is 12.4 Å².